The van der Waals surface area contributed by atoms with Crippen molar-refractivity contribution in [1.82, 2.24) is 9.88 Å². The molecule has 6 nitrogen and oxygen atoms in total. The van der Waals surface area contributed by atoms with Crippen molar-refractivity contribution in [2.24, 2.45) is 10.9 Å². The highest BCUT2D eigenvalue weighted by atomic mass is 19.4. The molecule has 2 N–H and O–H groups in total. The molecule has 1 aromatic heterocycles. The maximum absolute atomic E-state index is 13.3. The second kappa shape index (κ2) is 9.77. The first-order valence-electron chi connectivity index (χ1n) is 8.10. The second-order valence-corrected chi connectivity index (χ2v) is 5.94. The maximum Gasteiger partial charge on any atom is 0.432 e. The molecule has 0 aliphatic heterocycles. The third kappa shape index (κ3) is 6.29. The molecule has 0 fully saturated rings. The average molecular weight is 400 g/mol. The van der Waals surface area contributed by atoms with Crippen molar-refractivity contribution in [3.8, 4) is 0 Å². The highest BCUT2D eigenvalue weighted by molar-refractivity contribution is 6.15. The van der Waals surface area contributed by atoms with Gasteiger partial charge in [-0.05, 0) is 30.5 Å². The van der Waals surface area contributed by atoms with Gasteiger partial charge in [-0.2, -0.15) is 17.6 Å². The minimum Gasteiger partial charge on any atom is -0.478 e. The fourth-order valence-electron chi connectivity index (χ4n) is 2.20. The van der Waals surface area contributed by atoms with Crippen LogP contribution in [-0.4, -0.2) is 51.8 Å². The standard InChI is InChI=1S/C18H20F4N4O2/c1-4-15(18(20,21)22)25-8-11(2)12(3)26(10-23)9-14(17(27)28)13-5-6-24-16(19)7-13/h4-7,9-12,23H,1,8H2,2-3H3,(H,27,28)/b14-9+,23-10?,25-15?/t11?,12-/m1/s1. The van der Waals surface area contributed by atoms with Crippen LogP contribution in [0.4, 0.5) is 17.6 Å². The molecule has 1 rings (SSSR count). The summed E-state index contributed by atoms with van der Waals surface area (Å²) in [5.41, 5.74) is -1.37. The number of carboxylic acid groups (broad SMARTS) is 1. The Kier molecular flexibility index (Phi) is 8.02. The number of halogens is 4. The number of pyridine rings is 1. The Morgan fingerprint density at radius 2 is 2.11 bits per heavy atom. The number of alkyl halides is 3. The first kappa shape index (κ1) is 23.0. The van der Waals surface area contributed by atoms with E-state index >= 15 is 0 Å². The highest BCUT2D eigenvalue weighted by Crippen LogP contribution is 2.21. The lowest BCUT2D eigenvalue weighted by Gasteiger charge is -2.28. The van der Waals surface area contributed by atoms with Gasteiger partial charge in [-0.15, -0.1) is 0 Å². The highest BCUT2D eigenvalue weighted by Gasteiger charge is 2.33. The van der Waals surface area contributed by atoms with Gasteiger partial charge in [0.05, 0.1) is 11.9 Å². The second-order valence-electron chi connectivity index (χ2n) is 5.94. The van der Waals surface area contributed by atoms with Crippen LogP contribution in [0.5, 0.6) is 0 Å². The van der Waals surface area contributed by atoms with E-state index in [1.165, 1.54) is 11.0 Å². The van der Waals surface area contributed by atoms with E-state index in [9.17, 15) is 27.5 Å². The number of carboxylic acids is 1. The lowest BCUT2D eigenvalue weighted by Crippen LogP contribution is -2.35. The molecule has 152 valence electrons. The van der Waals surface area contributed by atoms with Crippen LogP contribution in [-0.2, 0) is 4.79 Å². The molecule has 2 atom stereocenters. The van der Waals surface area contributed by atoms with Gasteiger partial charge >= 0.3 is 12.1 Å². The first-order chi connectivity index (χ1) is 13.0. The predicted molar refractivity (Wildman–Crippen MR) is 97.6 cm³/mol. The van der Waals surface area contributed by atoms with E-state index in [0.717, 1.165) is 24.8 Å². The molecule has 0 aliphatic carbocycles. The zero-order chi connectivity index (χ0) is 21.5. The quantitative estimate of drug-likeness (QED) is 0.217. The van der Waals surface area contributed by atoms with Crippen LogP contribution < -0.4 is 0 Å². The first-order valence-corrected chi connectivity index (χ1v) is 8.10. The van der Waals surface area contributed by atoms with E-state index in [-0.39, 0.29) is 17.7 Å². The fraction of sp³-hybridized carbons (Fsp3) is 0.333. The summed E-state index contributed by atoms with van der Waals surface area (Å²) >= 11 is 0. The number of hydrogen-bond donors (Lipinski definition) is 2. The normalized spacial score (nSPS) is 14.9. The summed E-state index contributed by atoms with van der Waals surface area (Å²) in [4.78, 5) is 19.6. The summed E-state index contributed by atoms with van der Waals surface area (Å²) in [6.45, 7) is 6.10. The Balaban J connectivity index is 3.11. The number of nitrogens with zero attached hydrogens (tertiary/aromatic N) is 3. The molecule has 0 aromatic carbocycles. The Morgan fingerprint density at radius 1 is 1.46 bits per heavy atom. The van der Waals surface area contributed by atoms with Crippen molar-refractivity contribution in [3.05, 3.63) is 48.7 Å². The van der Waals surface area contributed by atoms with E-state index in [4.69, 9.17) is 5.41 Å². The van der Waals surface area contributed by atoms with Crippen LogP contribution >= 0.6 is 0 Å². The summed E-state index contributed by atoms with van der Waals surface area (Å²) in [5, 5.41) is 16.9. The van der Waals surface area contributed by atoms with Gasteiger partial charge in [-0.3, -0.25) is 10.4 Å². The van der Waals surface area contributed by atoms with Gasteiger partial charge in [0.25, 0.3) is 0 Å². The minimum atomic E-state index is -4.62. The molecule has 0 bridgehead atoms. The van der Waals surface area contributed by atoms with Gasteiger partial charge in [-0.1, -0.05) is 13.5 Å². The van der Waals surface area contributed by atoms with E-state index < -0.39 is 35.8 Å². The van der Waals surface area contributed by atoms with E-state index in [2.05, 4.69) is 16.6 Å². The van der Waals surface area contributed by atoms with Crippen LogP contribution in [0.25, 0.3) is 5.57 Å². The van der Waals surface area contributed by atoms with Crippen molar-refractivity contribution < 1.29 is 27.5 Å². The molecule has 0 aliphatic rings. The van der Waals surface area contributed by atoms with Crippen LogP contribution in [0.1, 0.15) is 19.4 Å². The lowest BCUT2D eigenvalue weighted by atomic mass is 10.0. The summed E-state index contributed by atoms with van der Waals surface area (Å²) in [5.74, 6) is -2.70. The molecule has 1 aromatic rings. The summed E-state index contributed by atoms with van der Waals surface area (Å²) in [6.07, 6.45) is -0.943. The number of aliphatic carboxylic acids is 1. The van der Waals surface area contributed by atoms with Gasteiger partial charge in [-0.25, -0.2) is 9.78 Å². The minimum absolute atomic E-state index is 0.0377. The van der Waals surface area contributed by atoms with Gasteiger partial charge < -0.3 is 10.0 Å². The number of hydrogen-bond acceptors (Lipinski definition) is 4. The largest absolute Gasteiger partial charge is 0.478 e. The monoisotopic (exact) mass is 400 g/mol. The molecular formula is C18H20F4N4O2. The lowest BCUT2D eigenvalue weighted by molar-refractivity contribution is -0.130. The predicted octanol–water partition coefficient (Wildman–Crippen LogP) is 3.77. The fourth-order valence-corrected chi connectivity index (χ4v) is 2.20. The van der Waals surface area contributed by atoms with Gasteiger partial charge in [0.2, 0.25) is 5.95 Å². The number of aliphatic imine (C=N–C) groups is 1. The molecule has 0 saturated carbocycles. The van der Waals surface area contributed by atoms with E-state index in [1.54, 1.807) is 13.8 Å². The summed E-state index contributed by atoms with van der Waals surface area (Å²) in [7, 11) is 0. The number of allylic oxidation sites excluding steroid dienone is 1. The SMILES string of the molecule is C=CC(=NCC(C)[C@@H](C)N(C=N)/C=C(/C(=O)O)c1ccnc(F)c1)C(F)(F)F. The molecule has 28 heavy (non-hydrogen) atoms. The van der Waals surface area contributed by atoms with E-state index in [0.29, 0.717) is 6.08 Å². The smallest absolute Gasteiger partial charge is 0.432 e. The zero-order valence-electron chi connectivity index (χ0n) is 15.2. The molecule has 0 amide bonds. The Bertz CT molecular complexity index is 790. The third-order valence-electron chi connectivity index (χ3n) is 4.02. The Hall–Kier alpha value is -3.04. The molecule has 10 heteroatoms. The number of carbonyl (C=O) groups is 1. The molecule has 0 saturated heterocycles. The van der Waals surface area contributed by atoms with Crippen LogP contribution in [0.3, 0.4) is 0 Å². The number of rotatable bonds is 9. The molecule has 0 radical (unpaired) electrons. The van der Waals surface area contributed by atoms with Crippen LogP contribution in [0.15, 0.2) is 42.2 Å². The van der Waals surface area contributed by atoms with Crippen molar-refractivity contribution in [2.75, 3.05) is 6.54 Å². The van der Waals surface area contributed by atoms with Crippen molar-refractivity contribution >= 4 is 23.6 Å². The molecular weight excluding hydrogens is 380 g/mol. The number of aromatic nitrogens is 1. The van der Waals surface area contributed by atoms with Crippen LogP contribution in [0, 0.1) is 17.3 Å². The Labute approximate surface area is 159 Å². The van der Waals surface area contributed by atoms with Crippen molar-refractivity contribution in [1.29, 1.82) is 5.41 Å². The maximum atomic E-state index is 13.3. The zero-order valence-corrected chi connectivity index (χ0v) is 15.2. The van der Waals surface area contributed by atoms with E-state index in [1.807, 2.05) is 0 Å². The van der Waals surface area contributed by atoms with Gasteiger partial charge in [0.1, 0.15) is 5.71 Å². The third-order valence-corrected chi connectivity index (χ3v) is 4.02. The Morgan fingerprint density at radius 3 is 2.57 bits per heavy atom. The topological polar surface area (TPSA) is 89.6 Å². The average Bonchev–Trinajstić information content (AvgIpc) is 2.61. The summed E-state index contributed by atoms with van der Waals surface area (Å²) < 4.78 is 51.5. The van der Waals surface area contributed by atoms with Crippen LogP contribution in [0.2, 0.25) is 0 Å². The van der Waals surface area contributed by atoms with Gasteiger partial charge in [0.15, 0.2) is 0 Å². The molecule has 1 heterocycles. The molecule has 0 spiro atoms. The number of nitrogens with one attached hydrogen (secondary N) is 1. The summed E-state index contributed by atoms with van der Waals surface area (Å²) in [6, 6.07) is 1.66. The van der Waals surface area contributed by atoms with Crippen molar-refractivity contribution in [2.45, 2.75) is 26.1 Å². The molecule has 1 unspecified atom stereocenters. The van der Waals surface area contributed by atoms with Crippen molar-refractivity contribution in [3.63, 3.8) is 0 Å². The van der Waals surface area contributed by atoms with Gasteiger partial charge in [0, 0.05) is 31.0 Å².